The fourth-order valence-electron chi connectivity index (χ4n) is 2.42. The van der Waals surface area contributed by atoms with Gasteiger partial charge in [0.1, 0.15) is 5.82 Å². The summed E-state index contributed by atoms with van der Waals surface area (Å²) < 4.78 is 37.5. The van der Waals surface area contributed by atoms with Crippen molar-refractivity contribution >= 4 is 17.4 Å². The van der Waals surface area contributed by atoms with Crippen molar-refractivity contribution in [2.45, 2.75) is 31.9 Å². The Balaban J connectivity index is 2.03. The lowest BCUT2D eigenvalue weighted by Crippen LogP contribution is -2.37. The number of hydrogen-bond acceptors (Lipinski definition) is 3. The van der Waals surface area contributed by atoms with E-state index in [0.29, 0.717) is 13.0 Å². The van der Waals surface area contributed by atoms with Crippen LogP contribution in [-0.2, 0) is 6.18 Å². The Bertz CT molecular complexity index is 475. The minimum atomic E-state index is -4.44. The lowest BCUT2D eigenvalue weighted by Gasteiger charge is -2.42. The second kappa shape index (κ2) is 5.77. The molecule has 1 aliphatic carbocycles. The van der Waals surface area contributed by atoms with Crippen LogP contribution in [0, 0.1) is 5.41 Å². The van der Waals surface area contributed by atoms with Crippen molar-refractivity contribution in [2.75, 3.05) is 18.5 Å². The van der Waals surface area contributed by atoms with Gasteiger partial charge in [0.05, 0.1) is 10.6 Å². The molecule has 0 atom stereocenters. The van der Waals surface area contributed by atoms with Crippen LogP contribution < -0.4 is 5.32 Å². The van der Waals surface area contributed by atoms with E-state index in [9.17, 15) is 13.2 Å². The lowest BCUT2D eigenvalue weighted by molar-refractivity contribution is -0.137. The van der Waals surface area contributed by atoms with Crippen molar-refractivity contribution in [1.29, 1.82) is 0 Å². The second-order valence-electron chi connectivity index (χ2n) is 5.23. The number of hydrogen-bond donors (Lipinski definition) is 2. The molecule has 0 bridgehead atoms. The largest absolute Gasteiger partial charge is 0.417 e. The second-order valence-corrected chi connectivity index (χ2v) is 5.64. The molecule has 7 heteroatoms. The first-order valence-corrected chi connectivity index (χ1v) is 6.82. The SMILES string of the molecule is OCCC1(CNc2ncc(C(F)(F)F)cc2Cl)CCC1. The maximum Gasteiger partial charge on any atom is 0.417 e. The topological polar surface area (TPSA) is 45.1 Å². The van der Waals surface area contributed by atoms with Gasteiger partial charge < -0.3 is 10.4 Å². The van der Waals surface area contributed by atoms with Crippen LogP contribution in [-0.4, -0.2) is 23.2 Å². The van der Waals surface area contributed by atoms with Crippen LogP contribution in [0.3, 0.4) is 0 Å². The average Bonchev–Trinajstić information content (AvgIpc) is 2.32. The third kappa shape index (κ3) is 3.35. The molecular formula is C13H16ClF3N2O. The Morgan fingerprint density at radius 2 is 2.10 bits per heavy atom. The number of rotatable bonds is 5. The van der Waals surface area contributed by atoms with Crippen LogP contribution >= 0.6 is 11.6 Å². The van der Waals surface area contributed by atoms with Crippen molar-refractivity contribution in [3.8, 4) is 0 Å². The number of aliphatic hydroxyl groups excluding tert-OH is 1. The van der Waals surface area contributed by atoms with Gasteiger partial charge in [-0.2, -0.15) is 13.2 Å². The van der Waals surface area contributed by atoms with E-state index in [1.807, 2.05) is 0 Å². The van der Waals surface area contributed by atoms with Gasteiger partial charge in [-0.15, -0.1) is 0 Å². The Labute approximate surface area is 120 Å². The van der Waals surface area contributed by atoms with Gasteiger partial charge in [0.25, 0.3) is 0 Å². The monoisotopic (exact) mass is 308 g/mol. The third-order valence-electron chi connectivity index (χ3n) is 3.86. The fourth-order valence-corrected chi connectivity index (χ4v) is 2.66. The van der Waals surface area contributed by atoms with Crippen LogP contribution in [0.4, 0.5) is 19.0 Å². The van der Waals surface area contributed by atoms with Crippen LogP contribution in [0.5, 0.6) is 0 Å². The van der Waals surface area contributed by atoms with Crippen molar-refractivity contribution in [1.82, 2.24) is 4.98 Å². The fraction of sp³-hybridized carbons (Fsp3) is 0.615. The summed E-state index contributed by atoms with van der Waals surface area (Å²) in [5, 5.41) is 12.0. The van der Waals surface area contributed by atoms with Gasteiger partial charge in [-0.1, -0.05) is 18.0 Å². The molecule has 3 nitrogen and oxygen atoms in total. The lowest BCUT2D eigenvalue weighted by atomic mass is 9.67. The van der Waals surface area contributed by atoms with Crippen molar-refractivity contribution in [3.05, 3.63) is 22.8 Å². The molecule has 1 heterocycles. The van der Waals surface area contributed by atoms with Gasteiger partial charge in [0.15, 0.2) is 0 Å². The molecule has 112 valence electrons. The molecule has 0 saturated heterocycles. The number of aromatic nitrogens is 1. The summed E-state index contributed by atoms with van der Waals surface area (Å²) in [6.45, 7) is 0.668. The Hall–Kier alpha value is -1.01. The van der Waals surface area contributed by atoms with E-state index in [2.05, 4.69) is 10.3 Å². The van der Waals surface area contributed by atoms with Gasteiger partial charge in [0, 0.05) is 19.3 Å². The summed E-state index contributed by atoms with van der Waals surface area (Å²) in [6, 6.07) is 0.871. The highest BCUT2D eigenvalue weighted by molar-refractivity contribution is 6.32. The van der Waals surface area contributed by atoms with E-state index in [1.54, 1.807) is 0 Å². The molecule has 1 aromatic rings. The van der Waals surface area contributed by atoms with Crippen molar-refractivity contribution in [2.24, 2.45) is 5.41 Å². The number of nitrogens with zero attached hydrogens (tertiary/aromatic N) is 1. The molecule has 0 spiro atoms. The molecule has 1 aromatic heterocycles. The summed E-state index contributed by atoms with van der Waals surface area (Å²) in [7, 11) is 0. The van der Waals surface area contributed by atoms with Gasteiger partial charge in [-0.25, -0.2) is 4.98 Å². The number of anilines is 1. The molecule has 0 aliphatic heterocycles. The number of alkyl halides is 3. The minimum Gasteiger partial charge on any atom is -0.396 e. The molecule has 2 rings (SSSR count). The minimum absolute atomic E-state index is 0.0163. The zero-order valence-electron chi connectivity index (χ0n) is 10.8. The zero-order valence-corrected chi connectivity index (χ0v) is 11.6. The van der Waals surface area contributed by atoms with Crippen molar-refractivity contribution < 1.29 is 18.3 Å². The summed E-state index contributed by atoms with van der Waals surface area (Å²) >= 11 is 5.83. The molecule has 0 aromatic carbocycles. The highest BCUT2D eigenvalue weighted by atomic mass is 35.5. The highest BCUT2D eigenvalue weighted by Gasteiger charge is 2.36. The van der Waals surface area contributed by atoms with E-state index >= 15 is 0 Å². The van der Waals surface area contributed by atoms with E-state index in [4.69, 9.17) is 16.7 Å². The van der Waals surface area contributed by atoms with Gasteiger partial charge in [-0.05, 0) is 30.7 Å². The summed E-state index contributed by atoms with van der Waals surface area (Å²) in [5.74, 6) is 0.254. The number of halogens is 4. The maximum absolute atomic E-state index is 12.5. The molecule has 0 radical (unpaired) electrons. The molecule has 1 saturated carbocycles. The predicted octanol–water partition coefficient (Wildman–Crippen LogP) is 3.72. The molecule has 20 heavy (non-hydrogen) atoms. The first-order valence-electron chi connectivity index (χ1n) is 6.44. The molecule has 1 aliphatic rings. The van der Waals surface area contributed by atoms with E-state index in [1.165, 1.54) is 0 Å². The van der Waals surface area contributed by atoms with Crippen LogP contribution in [0.1, 0.15) is 31.2 Å². The van der Waals surface area contributed by atoms with E-state index < -0.39 is 11.7 Å². The van der Waals surface area contributed by atoms with Crippen molar-refractivity contribution in [3.63, 3.8) is 0 Å². The standard InChI is InChI=1S/C13H16ClF3N2O/c14-10-6-9(13(15,16)17)7-18-11(10)19-8-12(4-5-20)2-1-3-12/h6-7,20H,1-5,8H2,(H,18,19). The van der Waals surface area contributed by atoms with Crippen LogP contribution in [0.15, 0.2) is 12.3 Å². The normalized spacial score (nSPS) is 17.6. The summed E-state index contributed by atoms with van der Waals surface area (Å²) in [4.78, 5) is 3.74. The van der Waals surface area contributed by atoms with Gasteiger partial charge >= 0.3 is 6.18 Å². The highest BCUT2D eigenvalue weighted by Crippen LogP contribution is 2.44. The first kappa shape index (κ1) is 15.4. The predicted molar refractivity (Wildman–Crippen MR) is 70.7 cm³/mol. The molecule has 0 amide bonds. The van der Waals surface area contributed by atoms with Gasteiger partial charge in [0.2, 0.25) is 0 Å². The Morgan fingerprint density at radius 1 is 1.40 bits per heavy atom. The molecule has 2 N–H and O–H groups in total. The Kier molecular flexibility index (Phi) is 4.44. The summed E-state index contributed by atoms with van der Waals surface area (Å²) in [6.07, 6.45) is 0.112. The van der Waals surface area contributed by atoms with Gasteiger partial charge in [-0.3, -0.25) is 0 Å². The average molecular weight is 309 g/mol. The summed E-state index contributed by atoms with van der Waals surface area (Å²) in [5.41, 5.74) is -0.843. The first-order chi connectivity index (χ1) is 9.36. The smallest absolute Gasteiger partial charge is 0.396 e. The van der Waals surface area contributed by atoms with E-state index in [-0.39, 0.29) is 22.9 Å². The molecular weight excluding hydrogens is 293 g/mol. The van der Waals surface area contributed by atoms with Crippen LogP contribution in [0.25, 0.3) is 0 Å². The maximum atomic E-state index is 12.5. The molecule has 0 unspecified atom stereocenters. The molecule has 1 fully saturated rings. The number of aliphatic hydroxyl groups is 1. The van der Waals surface area contributed by atoms with Crippen LogP contribution in [0.2, 0.25) is 5.02 Å². The third-order valence-corrected chi connectivity index (χ3v) is 4.14. The zero-order chi connectivity index (χ0) is 14.8. The Morgan fingerprint density at radius 3 is 2.55 bits per heavy atom. The quantitative estimate of drug-likeness (QED) is 0.871. The van der Waals surface area contributed by atoms with E-state index in [0.717, 1.165) is 31.5 Å². The number of nitrogens with one attached hydrogen (secondary N) is 1. The number of pyridine rings is 1.